The number of halogens is 1. The van der Waals surface area contributed by atoms with Gasteiger partial charge < -0.3 is 15.2 Å². The first-order valence-corrected chi connectivity index (χ1v) is 5.22. The summed E-state index contributed by atoms with van der Waals surface area (Å²) < 4.78 is 11.8. The highest BCUT2D eigenvalue weighted by Gasteiger charge is 2.27. The Bertz CT molecular complexity index is 343. The van der Waals surface area contributed by atoms with Gasteiger partial charge in [0.15, 0.2) is 0 Å². The van der Waals surface area contributed by atoms with Gasteiger partial charge in [0.2, 0.25) is 0 Å². The maximum absolute atomic E-state index is 6.03. The zero-order valence-electron chi connectivity index (χ0n) is 7.87. The lowest BCUT2D eigenvalue weighted by Crippen LogP contribution is -2.37. The van der Waals surface area contributed by atoms with E-state index in [1.807, 2.05) is 18.2 Å². The molecule has 3 nitrogen and oxygen atoms in total. The molecule has 0 saturated carbocycles. The topological polar surface area (TPSA) is 44.5 Å². The smallest absolute Gasteiger partial charge is 0.125 e. The first-order valence-electron chi connectivity index (χ1n) is 4.43. The molecular formula is C10H12BrNO2. The van der Waals surface area contributed by atoms with Crippen molar-refractivity contribution in [1.29, 1.82) is 0 Å². The van der Waals surface area contributed by atoms with E-state index in [1.54, 1.807) is 7.11 Å². The monoisotopic (exact) mass is 257 g/mol. The van der Waals surface area contributed by atoms with Gasteiger partial charge in [-0.05, 0) is 12.1 Å². The zero-order valence-corrected chi connectivity index (χ0v) is 9.45. The van der Waals surface area contributed by atoms with E-state index in [2.05, 4.69) is 15.9 Å². The highest BCUT2D eigenvalue weighted by Crippen LogP contribution is 2.33. The fraction of sp³-hybridized carbons (Fsp3) is 0.400. The molecule has 76 valence electrons. The van der Waals surface area contributed by atoms with Crippen LogP contribution in [0, 0.1) is 0 Å². The normalized spacial score (nSPS) is 25.4. The van der Waals surface area contributed by atoms with E-state index in [0.29, 0.717) is 6.61 Å². The Morgan fingerprint density at radius 2 is 2.36 bits per heavy atom. The average Bonchev–Trinajstić information content (AvgIpc) is 2.18. The molecule has 1 aliphatic rings. The molecule has 0 aromatic heterocycles. The Morgan fingerprint density at radius 1 is 1.57 bits per heavy atom. The van der Waals surface area contributed by atoms with Crippen molar-refractivity contribution in [2.24, 2.45) is 5.73 Å². The molecule has 2 unspecified atom stereocenters. The second-order valence-corrected chi connectivity index (χ2v) is 4.21. The van der Waals surface area contributed by atoms with Gasteiger partial charge in [-0.3, -0.25) is 0 Å². The van der Waals surface area contributed by atoms with Crippen LogP contribution in [0.15, 0.2) is 22.7 Å². The molecule has 0 spiro atoms. The molecular weight excluding hydrogens is 246 g/mol. The molecule has 1 aliphatic heterocycles. The molecule has 0 saturated heterocycles. The minimum atomic E-state index is -0.100. The first kappa shape index (κ1) is 9.96. The van der Waals surface area contributed by atoms with E-state index in [9.17, 15) is 0 Å². The molecule has 1 heterocycles. The second-order valence-electron chi connectivity index (χ2n) is 3.29. The fourth-order valence-electron chi connectivity index (χ4n) is 1.60. The van der Waals surface area contributed by atoms with Gasteiger partial charge in [0, 0.05) is 17.1 Å². The van der Waals surface area contributed by atoms with Gasteiger partial charge in [-0.2, -0.15) is 0 Å². The summed E-state index contributed by atoms with van der Waals surface area (Å²) in [6, 6.07) is 5.76. The molecule has 0 bridgehead atoms. The van der Waals surface area contributed by atoms with Crippen LogP contribution in [0.25, 0.3) is 0 Å². The van der Waals surface area contributed by atoms with Crippen LogP contribution in [0.3, 0.4) is 0 Å². The summed E-state index contributed by atoms with van der Waals surface area (Å²) in [5.41, 5.74) is 7.04. The number of hydrogen-bond acceptors (Lipinski definition) is 3. The first-order chi connectivity index (χ1) is 6.72. The number of fused-ring (bicyclic) bond motifs is 1. The minimum Gasteiger partial charge on any atom is -0.490 e. The lowest BCUT2D eigenvalue weighted by molar-refractivity contribution is 0.0259. The largest absolute Gasteiger partial charge is 0.490 e. The molecule has 0 radical (unpaired) electrons. The van der Waals surface area contributed by atoms with E-state index in [4.69, 9.17) is 15.2 Å². The van der Waals surface area contributed by atoms with E-state index in [0.717, 1.165) is 15.8 Å². The van der Waals surface area contributed by atoms with E-state index in [1.165, 1.54) is 0 Å². The predicted molar refractivity (Wildman–Crippen MR) is 57.4 cm³/mol. The number of ether oxygens (including phenoxy) is 2. The minimum absolute atomic E-state index is 0.0522. The number of nitrogens with two attached hydrogens (primary N) is 1. The molecule has 0 amide bonds. The highest BCUT2D eigenvalue weighted by atomic mass is 79.9. The van der Waals surface area contributed by atoms with Crippen LogP contribution in [-0.2, 0) is 4.74 Å². The Balaban J connectivity index is 2.36. The SMILES string of the molecule is COC1COc2cc(Br)ccc2C1N. The van der Waals surface area contributed by atoms with Crippen LogP contribution in [-0.4, -0.2) is 19.8 Å². The van der Waals surface area contributed by atoms with Gasteiger partial charge in [-0.1, -0.05) is 22.0 Å². The molecule has 1 aromatic rings. The van der Waals surface area contributed by atoms with Crippen molar-refractivity contribution in [2.75, 3.05) is 13.7 Å². The maximum atomic E-state index is 6.03. The standard InChI is InChI=1S/C10H12BrNO2/c1-13-9-5-14-8-4-6(11)2-3-7(8)10(9)12/h2-4,9-10H,5,12H2,1H3. The van der Waals surface area contributed by atoms with Crippen LogP contribution < -0.4 is 10.5 Å². The third kappa shape index (κ3) is 1.65. The number of hydrogen-bond donors (Lipinski definition) is 1. The lowest BCUT2D eigenvalue weighted by atomic mass is 9.99. The van der Waals surface area contributed by atoms with Crippen molar-refractivity contribution in [2.45, 2.75) is 12.1 Å². The van der Waals surface area contributed by atoms with Gasteiger partial charge in [0.25, 0.3) is 0 Å². The molecule has 0 fully saturated rings. The second kappa shape index (κ2) is 3.88. The summed E-state index contributed by atoms with van der Waals surface area (Å²) in [6.45, 7) is 0.515. The van der Waals surface area contributed by atoms with Crippen LogP contribution in [0.2, 0.25) is 0 Å². The number of methoxy groups -OCH3 is 1. The van der Waals surface area contributed by atoms with E-state index < -0.39 is 0 Å². The summed E-state index contributed by atoms with van der Waals surface area (Å²) in [5.74, 6) is 0.847. The lowest BCUT2D eigenvalue weighted by Gasteiger charge is -2.30. The summed E-state index contributed by atoms with van der Waals surface area (Å²) in [7, 11) is 1.65. The van der Waals surface area contributed by atoms with Crippen molar-refractivity contribution >= 4 is 15.9 Å². The quantitative estimate of drug-likeness (QED) is 0.836. The maximum Gasteiger partial charge on any atom is 0.125 e. The average molecular weight is 258 g/mol. The van der Waals surface area contributed by atoms with Gasteiger partial charge in [0.05, 0.1) is 6.04 Å². The Hall–Kier alpha value is -0.580. The van der Waals surface area contributed by atoms with Crippen molar-refractivity contribution in [1.82, 2.24) is 0 Å². The highest BCUT2D eigenvalue weighted by molar-refractivity contribution is 9.10. The zero-order chi connectivity index (χ0) is 10.1. The number of benzene rings is 1. The van der Waals surface area contributed by atoms with E-state index >= 15 is 0 Å². The van der Waals surface area contributed by atoms with Crippen molar-refractivity contribution in [3.63, 3.8) is 0 Å². The summed E-state index contributed by atoms with van der Waals surface area (Å²) in [5, 5.41) is 0. The Kier molecular flexibility index (Phi) is 2.76. The predicted octanol–water partition coefficient (Wildman–Crippen LogP) is 1.86. The molecule has 2 rings (SSSR count). The molecule has 2 atom stereocenters. The molecule has 0 aliphatic carbocycles. The molecule has 4 heteroatoms. The summed E-state index contributed by atoms with van der Waals surface area (Å²) >= 11 is 3.39. The Morgan fingerprint density at radius 3 is 3.07 bits per heavy atom. The third-order valence-corrected chi connectivity index (χ3v) is 2.93. The number of rotatable bonds is 1. The fourth-order valence-corrected chi connectivity index (χ4v) is 1.94. The summed E-state index contributed by atoms with van der Waals surface area (Å²) in [4.78, 5) is 0. The van der Waals surface area contributed by atoms with Gasteiger partial charge >= 0.3 is 0 Å². The van der Waals surface area contributed by atoms with Gasteiger partial charge in [-0.15, -0.1) is 0 Å². The van der Waals surface area contributed by atoms with Gasteiger partial charge in [0.1, 0.15) is 18.5 Å². The Labute approximate surface area is 91.3 Å². The molecule has 1 aromatic carbocycles. The van der Waals surface area contributed by atoms with Crippen LogP contribution in [0.5, 0.6) is 5.75 Å². The molecule has 14 heavy (non-hydrogen) atoms. The van der Waals surface area contributed by atoms with Crippen molar-refractivity contribution in [3.8, 4) is 5.75 Å². The van der Waals surface area contributed by atoms with Crippen molar-refractivity contribution in [3.05, 3.63) is 28.2 Å². The van der Waals surface area contributed by atoms with Crippen LogP contribution in [0.4, 0.5) is 0 Å². The molecule has 2 N–H and O–H groups in total. The van der Waals surface area contributed by atoms with Gasteiger partial charge in [-0.25, -0.2) is 0 Å². The van der Waals surface area contributed by atoms with Crippen molar-refractivity contribution < 1.29 is 9.47 Å². The van der Waals surface area contributed by atoms with E-state index in [-0.39, 0.29) is 12.1 Å². The van der Waals surface area contributed by atoms with Crippen LogP contribution >= 0.6 is 15.9 Å². The van der Waals surface area contributed by atoms with Crippen LogP contribution in [0.1, 0.15) is 11.6 Å². The summed E-state index contributed by atoms with van der Waals surface area (Å²) in [6.07, 6.45) is -0.0522. The third-order valence-electron chi connectivity index (χ3n) is 2.44.